The molecule has 0 fully saturated rings. The van der Waals surface area contributed by atoms with E-state index in [1.807, 2.05) is 25.1 Å². The minimum Gasteiger partial charge on any atom is -0.377 e. The first-order valence-corrected chi connectivity index (χ1v) is 5.87. The zero-order chi connectivity index (χ0) is 11.6. The topological polar surface area (TPSA) is 21.3 Å². The van der Waals surface area contributed by atoms with Gasteiger partial charge < -0.3 is 10.1 Å². The minimum absolute atomic E-state index is 0.287. The van der Waals surface area contributed by atoms with Crippen LogP contribution in [-0.4, -0.2) is 25.8 Å². The van der Waals surface area contributed by atoms with Crippen molar-refractivity contribution in [2.24, 2.45) is 0 Å². The van der Waals surface area contributed by atoms with E-state index in [9.17, 15) is 0 Å². The first-order chi connectivity index (χ1) is 7.83. The Balaban J connectivity index is 2.14. The maximum absolute atomic E-state index is 5.42. The van der Waals surface area contributed by atoms with Gasteiger partial charge in [-0.3, -0.25) is 0 Å². The summed E-state index contributed by atoms with van der Waals surface area (Å²) < 4.78 is 5.42. The van der Waals surface area contributed by atoms with Crippen LogP contribution in [-0.2, 0) is 4.74 Å². The second kappa shape index (κ2) is 8.08. The molecule has 1 aromatic carbocycles. The summed E-state index contributed by atoms with van der Waals surface area (Å²) in [6.45, 7) is 6.66. The summed E-state index contributed by atoms with van der Waals surface area (Å²) in [5, 5.41) is 3.33. The Bertz CT molecular complexity index is 295. The highest BCUT2D eigenvalue weighted by molar-refractivity contribution is 5.48. The molecule has 0 amide bonds. The monoisotopic (exact) mass is 219 g/mol. The summed E-state index contributed by atoms with van der Waals surface area (Å²) in [7, 11) is 0. The molecule has 2 heteroatoms. The first kappa shape index (κ1) is 12.9. The first-order valence-electron chi connectivity index (χ1n) is 5.87. The van der Waals surface area contributed by atoms with Crippen LogP contribution in [0.25, 0.3) is 6.08 Å². The van der Waals surface area contributed by atoms with Crippen molar-refractivity contribution < 1.29 is 4.74 Å². The molecule has 1 aromatic rings. The van der Waals surface area contributed by atoms with Crippen molar-refractivity contribution in [3.8, 4) is 0 Å². The summed E-state index contributed by atoms with van der Waals surface area (Å²) in [6.07, 6.45) is 4.54. The molecule has 1 atom stereocenters. The number of benzene rings is 1. The summed E-state index contributed by atoms with van der Waals surface area (Å²) in [5.74, 6) is 0. The summed E-state index contributed by atoms with van der Waals surface area (Å²) in [5.41, 5.74) is 1.24. The van der Waals surface area contributed by atoms with Gasteiger partial charge in [0.05, 0.1) is 6.10 Å². The van der Waals surface area contributed by atoms with Crippen molar-refractivity contribution in [1.82, 2.24) is 5.32 Å². The third kappa shape index (κ3) is 5.69. The molecule has 0 bridgehead atoms. The zero-order valence-electron chi connectivity index (χ0n) is 10.1. The highest BCUT2D eigenvalue weighted by atomic mass is 16.5. The van der Waals surface area contributed by atoms with Gasteiger partial charge in [0.25, 0.3) is 0 Å². The van der Waals surface area contributed by atoms with Gasteiger partial charge in [0, 0.05) is 19.7 Å². The fourth-order valence-corrected chi connectivity index (χ4v) is 1.47. The maximum Gasteiger partial charge on any atom is 0.0671 e. The van der Waals surface area contributed by atoms with Gasteiger partial charge in [-0.05, 0) is 19.4 Å². The molecule has 1 N–H and O–H groups in total. The minimum atomic E-state index is 0.287. The van der Waals surface area contributed by atoms with Crippen molar-refractivity contribution in [2.45, 2.75) is 20.0 Å². The summed E-state index contributed by atoms with van der Waals surface area (Å²) >= 11 is 0. The normalized spacial score (nSPS) is 13.1. The molecular formula is C14H21NO. The van der Waals surface area contributed by atoms with Crippen molar-refractivity contribution in [2.75, 3.05) is 19.7 Å². The average Bonchev–Trinajstić information content (AvgIpc) is 2.30. The van der Waals surface area contributed by atoms with Crippen LogP contribution < -0.4 is 5.32 Å². The molecule has 0 aliphatic rings. The molecule has 0 aliphatic heterocycles. The van der Waals surface area contributed by atoms with Crippen molar-refractivity contribution in [3.63, 3.8) is 0 Å². The number of nitrogens with one attached hydrogen (secondary N) is 1. The fourth-order valence-electron chi connectivity index (χ4n) is 1.47. The predicted molar refractivity (Wildman–Crippen MR) is 69.4 cm³/mol. The van der Waals surface area contributed by atoms with Gasteiger partial charge in [0.15, 0.2) is 0 Å². The van der Waals surface area contributed by atoms with Crippen LogP contribution in [0.5, 0.6) is 0 Å². The van der Waals surface area contributed by atoms with E-state index in [4.69, 9.17) is 4.74 Å². The number of hydrogen-bond acceptors (Lipinski definition) is 2. The van der Waals surface area contributed by atoms with Crippen LogP contribution in [0.4, 0.5) is 0 Å². The van der Waals surface area contributed by atoms with Gasteiger partial charge in [0.2, 0.25) is 0 Å². The van der Waals surface area contributed by atoms with Gasteiger partial charge in [-0.1, -0.05) is 42.5 Å². The van der Waals surface area contributed by atoms with Crippen LogP contribution in [0.1, 0.15) is 19.4 Å². The lowest BCUT2D eigenvalue weighted by Gasteiger charge is -2.11. The molecule has 0 aliphatic carbocycles. The van der Waals surface area contributed by atoms with Gasteiger partial charge >= 0.3 is 0 Å². The Kier molecular flexibility index (Phi) is 6.54. The predicted octanol–water partition coefficient (Wildman–Crippen LogP) is 2.71. The molecular weight excluding hydrogens is 198 g/mol. The molecule has 0 saturated carbocycles. The van der Waals surface area contributed by atoms with E-state index < -0.39 is 0 Å². The quantitative estimate of drug-likeness (QED) is 0.712. The lowest BCUT2D eigenvalue weighted by atomic mass is 10.2. The summed E-state index contributed by atoms with van der Waals surface area (Å²) in [6, 6.07) is 10.3. The van der Waals surface area contributed by atoms with E-state index >= 15 is 0 Å². The Morgan fingerprint density at radius 1 is 1.31 bits per heavy atom. The smallest absolute Gasteiger partial charge is 0.0671 e. The number of rotatable bonds is 7. The molecule has 1 unspecified atom stereocenters. The highest BCUT2D eigenvalue weighted by Crippen LogP contribution is 1.99. The Hall–Kier alpha value is -1.12. The molecule has 0 saturated heterocycles. The Morgan fingerprint density at radius 3 is 2.75 bits per heavy atom. The third-order valence-electron chi connectivity index (χ3n) is 2.26. The van der Waals surface area contributed by atoms with E-state index in [0.717, 1.165) is 19.7 Å². The third-order valence-corrected chi connectivity index (χ3v) is 2.26. The fraction of sp³-hybridized carbons (Fsp3) is 0.429. The zero-order valence-corrected chi connectivity index (χ0v) is 10.1. The molecule has 88 valence electrons. The van der Waals surface area contributed by atoms with Crippen LogP contribution in [0.2, 0.25) is 0 Å². The average molecular weight is 219 g/mol. The van der Waals surface area contributed by atoms with E-state index in [2.05, 4.69) is 36.5 Å². The number of ether oxygens (including phenoxy) is 1. The lowest BCUT2D eigenvalue weighted by molar-refractivity contribution is 0.0769. The molecule has 0 spiro atoms. The van der Waals surface area contributed by atoms with Gasteiger partial charge in [-0.15, -0.1) is 0 Å². The van der Waals surface area contributed by atoms with Crippen molar-refractivity contribution in [1.29, 1.82) is 0 Å². The van der Waals surface area contributed by atoms with E-state index in [-0.39, 0.29) is 6.10 Å². The van der Waals surface area contributed by atoms with E-state index in [0.29, 0.717) is 0 Å². The van der Waals surface area contributed by atoms with Gasteiger partial charge in [0.1, 0.15) is 0 Å². The van der Waals surface area contributed by atoms with Crippen LogP contribution in [0.3, 0.4) is 0 Å². The molecule has 0 heterocycles. The molecule has 0 radical (unpaired) electrons. The van der Waals surface area contributed by atoms with E-state index in [1.54, 1.807) is 0 Å². The maximum atomic E-state index is 5.42. The number of hydrogen-bond donors (Lipinski definition) is 1. The standard InChI is InChI=1S/C14H21NO/c1-3-16-13(2)12-15-11-7-10-14-8-5-4-6-9-14/h4-10,13,15H,3,11-12H2,1-2H3/b10-7+. The van der Waals surface area contributed by atoms with Crippen molar-refractivity contribution >= 4 is 6.08 Å². The van der Waals surface area contributed by atoms with Crippen LogP contribution in [0.15, 0.2) is 36.4 Å². The Morgan fingerprint density at radius 2 is 2.06 bits per heavy atom. The highest BCUT2D eigenvalue weighted by Gasteiger charge is 1.97. The molecule has 2 nitrogen and oxygen atoms in total. The molecule has 1 rings (SSSR count). The molecule has 16 heavy (non-hydrogen) atoms. The second-order valence-electron chi connectivity index (χ2n) is 3.74. The largest absolute Gasteiger partial charge is 0.377 e. The Labute approximate surface area is 98.3 Å². The van der Waals surface area contributed by atoms with Gasteiger partial charge in [-0.2, -0.15) is 0 Å². The van der Waals surface area contributed by atoms with Gasteiger partial charge in [-0.25, -0.2) is 0 Å². The van der Waals surface area contributed by atoms with Crippen LogP contribution >= 0.6 is 0 Å². The van der Waals surface area contributed by atoms with Crippen molar-refractivity contribution in [3.05, 3.63) is 42.0 Å². The second-order valence-corrected chi connectivity index (χ2v) is 3.74. The van der Waals surface area contributed by atoms with E-state index in [1.165, 1.54) is 5.56 Å². The lowest BCUT2D eigenvalue weighted by Crippen LogP contribution is -2.26. The molecule has 0 aromatic heterocycles. The SMILES string of the molecule is CCOC(C)CNC/C=C/c1ccccc1. The van der Waals surface area contributed by atoms with Crippen LogP contribution in [0, 0.1) is 0 Å². The summed E-state index contributed by atoms with van der Waals surface area (Å²) in [4.78, 5) is 0.